The maximum absolute atomic E-state index is 12.0. The second-order valence-corrected chi connectivity index (χ2v) is 10.6. The monoisotopic (exact) mass is 524 g/mol. The predicted molar refractivity (Wildman–Crippen MR) is 156 cm³/mol. The lowest BCUT2D eigenvalue weighted by Gasteiger charge is -2.15. The van der Waals surface area contributed by atoms with E-state index in [4.69, 9.17) is 0 Å². The molecule has 0 saturated carbocycles. The van der Waals surface area contributed by atoms with Crippen LogP contribution in [-0.4, -0.2) is 43.0 Å². The molecule has 0 saturated heterocycles. The van der Waals surface area contributed by atoms with Crippen LogP contribution in [0.3, 0.4) is 0 Å². The van der Waals surface area contributed by atoms with E-state index in [9.17, 15) is 14.5 Å². The molecular formula is C30H60N4O3. The standard InChI is InChI=1S/C30H60N4O3/c1-3-5-7-9-11-13-15-17-19-21-25-31-29(35)23-27-34(33-37)28-24-30(36)32-26-22-20-18-16-14-12-10-8-6-4-2/h3-28H2,1-2H3,(H,31,35)(H,32,36). The summed E-state index contributed by atoms with van der Waals surface area (Å²) in [5.41, 5.74) is 0. The topological polar surface area (TPSA) is 90.9 Å². The Hall–Kier alpha value is -1.66. The molecule has 7 nitrogen and oxygen atoms in total. The van der Waals surface area contributed by atoms with Crippen molar-refractivity contribution in [2.24, 2.45) is 5.29 Å². The Balaban J connectivity index is 3.56. The van der Waals surface area contributed by atoms with Gasteiger partial charge in [0.25, 0.3) is 0 Å². The number of nitrogens with one attached hydrogen (secondary N) is 2. The Morgan fingerprint density at radius 3 is 1.11 bits per heavy atom. The summed E-state index contributed by atoms with van der Waals surface area (Å²) >= 11 is 0. The first-order chi connectivity index (χ1) is 18.1. The Morgan fingerprint density at radius 1 is 0.514 bits per heavy atom. The fraction of sp³-hybridized carbons (Fsp3) is 0.933. The molecule has 0 aromatic heterocycles. The number of nitrogens with zero attached hydrogens (tertiary/aromatic N) is 2. The third-order valence-corrected chi connectivity index (χ3v) is 7.01. The number of hydrogen-bond acceptors (Lipinski definition) is 4. The highest BCUT2D eigenvalue weighted by Crippen LogP contribution is 2.11. The number of unbranched alkanes of at least 4 members (excludes halogenated alkanes) is 18. The SMILES string of the molecule is CCCCCCCCCCCCNC(=O)CCN(CCC(=O)NCCCCCCCCCCCC)N=O. The summed E-state index contributed by atoms with van der Waals surface area (Å²) in [6.07, 6.45) is 25.9. The van der Waals surface area contributed by atoms with Crippen molar-refractivity contribution >= 4 is 11.8 Å². The molecule has 0 rings (SSSR count). The molecule has 218 valence electrons. The zero-order chi connectivity index (χ0) is 27.2. The Kier molecular flexibility index (Phi) is 27.6. The second kappa shape index (κ2) is 28.9. The van der Waals surface area contributed by atoms with Gasteiger partial charge in [-0.1, -0.05) is 129 Å². The van der Waals surface area contributed by atoms with Crippen molar-refractivity contribution in [1.82, 2.24) is 15.6 Å². The van der Waals surface area contributed by atoms with Crippen molar-refractivity contribution < 1.29 is 9.59 Å². The zero-order valence-corrected chi connectivity index (χ0v) is 24.5. The number of hydrogen-bond donors (Lipinski definition) is 2. The lowest BCUT2D eigenvalue weighted by atomic mass is 10.1. The third kappa shape index (κ3) is 27.2. The van der Waals surface area contributed by atoms with E-state index >= 15 is 0 Å². The summed E-state index contributed by atoms with van der Waals surface area (Å²) in [6.45, 7) is 6.36. The van der Waals surface area contributed by atoms with Crippen molar-refractivity contribution in [3.05, 3.63) is 4.91 Å². The predicted octanol–water partition coefficient (Wildman–Crippen LogP) is 7.82. The van der Waals surface area contributed by atoms with Gasteiger partial charge in [0, 0.05) is 39.0 Å². The molecule has 0 aliphatic heterocycles. The summed E-state index contributed by atoms with van der Waals surface area (Å²) in [4.78, 5) is 35.1. The van der Waals surface area contributed by atoms with Crippen LogP contribution in [0.4, 0.5) is 0 Å². The molecule has 0 atom stereocenters. The van der Waals surface area contributed by atoms with Crippen molar-refractivity contribution in [1.29, 1.82) is 0 Å². The van der Waals surface area contributed by atoms with Gasteiger partial charge in [-0.2, -0.15) is 0 Å². The maximum atomic E-state index is 12.0. The number of carbonyl (C=O) groups is 2. The van der Waals surface area contributed by atoms with Crippen LogP contribution >= 0.6 is 0 Å². The largest absolute Gasteiger partial charge is 0.356 e. The van der Waals surface area contributed by atoms with Gasteiger partial charge in [0.1, 0.15) is 0 Å². The molecule has 0 spiro atoms. The summed E-state index contributed by atoms with van der Waals surface area (Å²) in [6, 6.07) is 0. The average Bonchev–Trinajstić information content (AvgIpc) is 2.90. The van der Waals surface area contributed by atoms with Crippen molar-refractivity contribution in [3.8, 4) is 0 Å². The van der Waals surface area contributed by atoms with Crippen LogP contribution in [0.1, 0.15) is 155 Å². The third-order valence-electron chi connectivity index (χ3n) is 7.01. The minimum atomic E-state index is -0.0602. The van der Waals surface area contributed by atoms with Gasteiger partial charge in [-0.3, -0.25) is 14.6 Å². The minimum Gasteiger partial charge on any atom is -0.356 e. The second-order valence-electron chi connectivity index (χ2n) is 10.6. The lowest BCUT2D eigenvalue weighted by molar-refractivity contribution is -0.121. The van der Waals surface area contributed by atoms with Crippen molar-refractivity contribution in [2.75, 3.05) is 26.2 Å². The van der Waals surface area contributed by atoms with E-state index in [0.717, 1.165) is 25.7 Å². The van der Waals surface area contributed by atoms with Gasteiger partial charge < -0.3 is 10.6 Å². The fourth-order valence-electron chi connectivity index (χ4n) is 4.51. The van der Waals surface area contributed by atoms with Gasteiger partial charge in [-0.05, 0) is 12.8 Å². The lowest BCUT2D eigenvalue weighted by Crippen LogP contribution is -2.32. The van der Waals surface area contributed by atoms with Gasteiger partial charge in [0.05, 0.1) is 5.29 Å². The van der Waals surface area contributed by atoms with Gasteiger partial charge in [0.15, 0.2) is 0 Å². The molecule has 0 aromatic rings. The van der Waals surface area contributed by atoms with Crippen LogP contribution in [0.5, 0.6) is 0 Å². The summed E-state index contributed by atoms with van der Waals surface area (Å²) in [5, 5.41) is 10.1. The van der Waals surface area contributed by atoms with Gasteiger partial charge in [0.2, 0.25) is 11.8 Å². The highest BCUT2D eigenvalue weighted by atomic mass is 16.3. The Labute approximate surface area is 228 Å². The van der Waals surface area contributed by atoms with E-state index in [1.165, 1.54) is 108 Å². The summed E-state index contributed by atoms with van der Waals surface area (Å²) in [5.74, 6) is -0.120. The van der Waals surface area contributed by atoms with E-state index in [-0.39, 0.29) is 37.7 Å². The molecule has 37 heavy (non-hydrogen) atoms. The molecule has 2 amide bonds. The molecule has 0 fully saturated rings. The van der Waals surface area contributed by atoms with Crippen LogP contribution in [-0.2, 0) is 9.59 Å². The molecule has 0 aromatic carbocycles. The van der Waals surface area contributed by atoms with Crippen molar-refractivity contribution in [2.45, 2.75) is 155 Å². The Bertz CT molecular complexity index is 489. The van der Waals surface area contributed by atoms with E-state index in [2.05, 4.69) is 29.8 Å². The quantitative estimate of drug-likeness (QED) is 0.0592. The maximum Gasteiger partial charge on any atom is 0.221 e. The molecule has 0 heterocycles. The molecular weight excluding hydrogens is 464 g/mol. The average molecular weight is 525 g/mol. The zero-order valence-electron chi connectivity index (χ0n) is 24.5. The highest BCUT2D eigenvalue weighted by Gasteiger charge is 2.10. The van der Waals surface area contributed by atoms with Crippen LogP contribution < -0.4 is 10.6 Å². The first-order valence-corrected chi connectivity index (χ1v) is 15.8. The molecule has 2 N–H and O–H groups in total. The summed E-state index contributed by atoms with van der Waals surface area (Å²) < 4.78 is 0. The van der Waals surface area contributed by atoms with E-state index in [1.54, 1.807) is 0 Å². The molecule has 7 heteroatoms. The molecule has 0 aliphatic carbocycles. The highest BCUT2D eigenvalue weighted by molar-refractivity contribution is 5.76. The number of amides is 2. The van der Waals surface area contributed by atoms with Gasteiger partial charge >= 0.3 is 0 Å². The number of nitroso groups, excluding NO2 is 1. The first kappa shape index (κ1) is 35.3. The van der Waals surface area contributed by atoms with Crippen LogP contribution in [0, 0.1) is 4.91 Å². The fourth-order valence-corrected chi connectivity index (χ4v) is 4.51. The van der Waals surface area contributed by atoms with E-state index < -0.39 is 0 Å². The van der Waals surface area contributed by atoms with Crippen LogP contribution in [0.25, 0.3) is 0 Å². The summed E-state index contributed by atoms with van der Waals surface area (Å²) in [7, 11) is 0. The number of rotatable bonds is 29. The van der Waals surface area contributed by atoms with E-state index in [0.29, 0.717) is 13.1 Å². The van der Waals surface area contributed by atoms with Gasteiger partial charge in [-0.25, -0.2) is 0 Å². The Morgan fingerprint density at radius 2 is 0.811 bits per heavy atom. The van der Waals surface area contributed by atoms with Crippen molar-refractivity contribution in [3.63, 3.8) is 0 Å². The van der Waals surface area contributed by atoms with Crippen LogP contribution in [0.15, 0.2) is 5.29 Å². The normalized spacial score (nSPS) is 10.9. The molecule has 0 unspecified atom stereocenters. The minimum absolute atomic E-state index is 0.0602. The molecule has 0 aliphatic rings. The van der Waals surface area contributed by atoms with E-state index in [1.807, 2.05) is 0 Å². The first-order valence-electron chi connectivity index (χ1n) is 15.8. The number of carbonyl (C=O) groups excluding carboxylic acids is 2. The smallest absolute Gasteiger partial charge is 0.221 e. The molecule has 0 bridgehead atoms. The molecule has 0 radical (unpaired) electrons. The van der Waals surface area contributed by atoms with Gasteiger partial charge in [-0.15, -0.1) is 4.91 Å². The van der Waals surface area contributed by atoms with Crippen LogP contribution in [0.2, 0.25) is 0 Å².